The topological polar surface area (TPSA) is 56.5 Å². The van der Waals surface area contributed by atoms with E-state index in [4.69, 9.17) is 9.47 Å². The van der Waals surface area contributed by atoms with Gasteiger partial charge in [-0.3, -0.25) is 4.57 Å². The second kappa shape index (κ2) is 5.89. The minimum Gasteiger partial charge on any atom is -0.493 e. The fourth-order valence-electron chi connectivity index (χ4n) is 2.83. The molecule has 0 bridgehead atoms. The quantitative estimate of drug-likeness (QED) is 0.788. The fourth-order valence-corrected chi connectivity index (χ4v) is 3.92. The van der Waals surface area contributed by atoms with Crippen molar-refractivity contribution in [3.63, 3.8) is 0 Å². The van der Waals surface area contributed by atoms with Crippen LogP contribution in [0.3, 0.4) is 0 Å². The van der Waals surface area contributed by atoms with Crippen LogP contribution < -0.4 is 9.47 Å². The summed E-state index contributed by atoms with van der Waals surface area (Å²) in [4.78, 5) is 5.64. The van der Waals surface area contributed by atoms with Gasteiger partial charge >= 0.3 is 0 Å². The van der Waals surface area contributed by atoms with Crippen LogP contribution in [0.25, 0.3) is 15.9 Å². The van der Waals surface area contributed by atoms with Crippen molar-refractivity contribution in [2.24, 2.45) is 0 Å². The van der Waals surface area contributed by atoms with Crippen molar-refractivity contribution in [3.8, 4) is 11.5 Å². The van der Waals surface area contributed by atoms with E-state index in [1.807, 2.05) is 48.5 Å². The Hall–Kier alpha value is -2.44. The summed E-state index contributed by atoms with van der Waals surface area (Å²) in [5.41, 5.74) is 2.64. The molecule has 2 heterocycles. The maximum absolute atomic E-state index is 10.6. The molecule has 4 rings (SSSR count). The number of methoxy groups -OCH3 is 2. The summed E-state index contributed by atoms with van der Waals surface area (Å²) in [6, 6.07) is 13.7. The average molecular weight is 340 g/mol. The lowest BCUT2D eigenvalue weighted by molar-refractivity contribution is 0.149. The molecule has 2 aromatic carbocycles. The minimum absolute atomic E-state index is 0.614. The first kappa shape index (κ1) is 15.1. The Balaban J connectivity index is 1.84. The lowest BCUT2D eigenvalue weighted by atomic mass is 10.2. The van der Waals surface area contributed by atoms with Gasteiger partial charge < -0.3 is 14.6 Å². The van der Waals surface area contributed by atoms with Crippen molar-refractivity contribution in [2.45, 2.75) is 11.4 Å². The molecule has 1 aliphatic rings. The lowest BCUT2D eigenvalue weighted by Crippen LogP contribution is -2.10. The van der Waals surface area contributed by atoms with Crippen LogP contribution >= 0.6 is 11.8 Å². The maximum Gasteiger partial charge on any atom is 0.176 e. The van der Waals surface area contributed by atoms with E-state index in [1.165, 1.54) is 11.8 Å². The Morgan fingerprint density at radius 1 is 1.08 bits per heavy atom. The molecule has 0 spiro atoms. The number of imidazole rings is 1. The number of hydrogen-bond acceptors (Lipinski definition) is 5. The normalized spacial score (nSPS) is 16.6. The van der Waals surface area contributed by atoms with Crippen LogP contribution in [0.4, 0.5) is 0 Å². The summed E-state index contributed by atoms with van der Waals surface area (Å²) in [6.07, 6.45) is 1.06. The third-order valence-corrected chi connectivity index (χ3v) is 5.05. The van der Waals surface area contributed by atoms with Gasteiger partial charge in [-0.1, -0.05) is 42.1 Å². The Morgan fingerprint density at radius 2 is 1.79 bits per heavy atom. The molecule has 0 aliphatic carbocycles. The lowest BCUT2D eigenvalue weighted by Gasteiger charge is -2.20. The van der Waals surface area contributed by atoms with Crippen LogP contribution in [-0.4, -0.2) is 28.9 Å². The summed E-state index contributed by atoms with van der Waals surface area (Å²) in [7, 11) is 3.19. The third-order valence-electron chi connectivity index (χ3n) is 3.99. The summed E-state index contributed by atoms with van der Waals surface area (Å²) < 4.78 is 12.5. The first-order chi connectivity index (χ1) is 11.7. The zero-order valence-electron chi connectivity index (χ0n) is 13.3. The first-order valence-electron chi connectivity index (χ1n) is 7.48. The fraction of sp³-hybridized carbons (Fsp3) is 0.167. The van der Waals surface area contributed by atoms with Crippen LogP contribution in [-0.2, 0) is 0 Å². The number of rotatable bonds is 3. The summed E-state index contributed by atoms with van der Waals surface area (Å²) in [6.45, 7) is 0. The number of aliphatic hydroxyl groups excluding tert-OH is 1. The number of benzene rings is 2. The van der Waals surface area contributed by atoms with Gasteiger partial charge in [0.2, 0.25) is 0 Å². The molecule has 122 valence electrons. The van der Waals surface area contributed by atoms with Gasteiger partial charge in [0.1, 0.15) is 0 Å². The molecule has 0 saturated carbocycles. The van der Waals surface area contributed by atoms with Crippen LogP contribution in [0.15, 0.2) is 53.7 Å². The van der Waals surface area contributed by atoms with E-state index >= 15 is 0 Å². The van der Waals surface area contributed by atoms with Crippen molar-refractivity contribution in [2.75, 3.05) is 14.2 Å². The summed E-state index contributed by atoms with van der Waals surface area (Å²) in [5, 5.41) is 11.4. The molecule has 0 amide bonds. The molecular weight excluding hydrogens is 324 g/mol. The van der Waals surface area contributed by atoms with Gasteiger partial charge in [0.15, 0.2) is 22.9 Å². The monoisotopic (exact) mass is 340 g/mol. The van der Waals surface area contributed by atoms with E-state index in [9.17, 15) is 5.11 Å². The number of thioether (sulfide) groups is 1. The van der Waals surface area contributed by atoms with Crippen molar-refractivity contribution in [3.05, 3.63) is 54.1 Å². The molecule has 24 heavy (non-hydrogen) atoms. The summed E-state index contributed by atoms with van der Waals surface area (Å²) >= 11 is 1.54. The Labute approximate surface area is 143 Å². The van der Waals surface area contributed by atoms with E-state index in [0.29, 0.717) is 11.5 Å². The average Bonchev–Trinajstić information content (AvgIpc) is 2.98. The van der Waals surface area contributed by atoms with Crippen molar-refractivity contribution in [1.82, 2.24) is 9.55 Å². The molecule has 1 unspecified atom stereocenters. The SMILES string of the molecule is COc1cc2nc3n(c2cc1OC)C(O)C=C(c1ccccc1)S3. The van der Waals surface area contributed by atoms with E-state index in [1.54, 1.807) is 18.8 Å². The number of nitrogens with zero attached hydrogens (tertiary/aromatic N) is 2. The van der Waals surface area contributed by atoms with Crippen molar-refractivity contribution in [1.29, 1.82) is 0 Å². The highest BCUT2D eigenvalue weighted by atomic mass is 32.2. The van der Waals surface area contributed by atoms with Gasteiger partial charge in [-0.05, 0) is 11.6 Å². The molecule has 1 atom stereocenters. The zero-order chi connectivity index (χ0) is 16.7. The van der Waals surface area contributed by atoms with E-state index in [-0.39, 0.29) is 0 Å². The largest absolute Gasteiger partial charge is 0.493 e. The highest BCUT2D eigenvalue weighted by Gasteiger charge is 2.24. The molecule has 0 radical (unpaired) electrons. The van der Waals surface area contributed by atoms with Gasteiger partial charge in [-0.25, -0.2) is 4.98 Å². The molecule has 3 aromatic rings. The highest BCUT2D eigenvalue weighted by Crippen LogP contribution is 2.43. The van der Waals surface area contributed by atoms with E-state index in [0.717, 1.165) is 26.7 Å². The number of aliphatic hydroxyl groups is 1. The predicted octanol–water partition coefficient (Wildman–Crippen LogP) is 3.69. The standard InChI is InChI=1S/C18H16N2O3S/c1-22-14-8-12-13(9-15(14)23-2)20-17(21)10-16(24-18(20)19-12)11-6-4-3-5-7-11/h3-10,17,21H,1-2H3. The predicted molar refractivity (Wildman–Crippen MR) is 94.4 cm³/mol. The number of ether oxygens (including phenoxy) is 2. The van der Waals surface area contributed by atoms with Gasteiger partial charge in [0, 0.05) is 17.0 Å². The van der Waals surface area contributed by atoms with E-state index in [2.05, 4.69) is 4.98 Å². The smallest absolute Gasteiger partial charge is 0.176 e. The van der Waals surface area contributed by atoms with Gasteiger partial charge in [0.05, 0.1) is 25.3 Å². The number of hydrogen-bond donors (Lipinski definition) is 1. The number of aromatic nitrogens is 2. The summed E-state index contributed by atoms with van der Waals surface area (Å²) in [5.74, 6) is 1.24. The molecule has 1 aromatic heterocycles. The Bertz CT molecular complexity index is 934. The molecule has 1 aliphatic heterocycles. The molecule has 5 nitrogen and oxygen atoms in total. The second-order valence-electron chi connectivity index (χ2n) is 5.37. The van der Waals surface area contributed by atoms with Gasteiger partial charge in [-0.15, -0.1) is 0 Å². The first-order valence-corrected chi connectivity index (χ1v) is 8.30. The highest BCUT2D eigenvalue weighted by molar-refractivity contribution is 8.08. The van der Waals surface area contributed by atoms with Crippen molar-refractivity contribution >= 4 is 27.7 Å². The molecule has 0 saturated heterocycles. The molecule has 1 N–H and O–H groups in total. The van der Waals surface area contributed by atoms with Crippen LogP contribution in [0.1, 0.15) is 11.8 Å². The Kier molecular flexibility index (Phi) is 3.70. The zero-order valence-corrected chi connectivity index (χ0v) is 14.1. The number of fused-ring (bicyclic) bond motifs is 3. The van der Waals surface area contributed by atoms with Crippen LogP contribution in [0, 0.1) is 0 Å². The van der Waals surface area contributed by atoms with Crippen LogP contribution in [0.2, 0.25) is 0 Å². The minimum atomic E-state index is -0.778. The molecular formula is C18H16N2O3S. The van der Waals surface area contributed by atoms with Gasteiger partial charge in [0.25, 0.3) is 0 Å². The van der Waals surface area contributed by atoms with Crippen molar-refractivity contribution < 1.29 is 14.6 Å². The third kappa shape index (κ3) is 2.35. The Morgan fingerprint density at radius 3 is 2.50 bits per heavy atom. The second-order valence-corrected chi connectivity index (χ2v) is 6.38. The van der Waals surface area contributed by atoms with Gasteiger partial charge in [-0.2, -0.15) is 0 Å². The molecule has 6 heteroatoms. The van der Waals surface area contributed by atoms with Crippen LogP contribution in [0.5, 0.6) is 11.5 Å². The maximum atomic E-state index is 10.6. The van der Waals surface area contributed by atoms with E-state index < -0.39 is 6.23 Å². The molecule has 0 fully saturated rings.